The molecule has 0 saturated carbocycles. The number of carbonyl (C=O) groups excluding carboxylic acids is 2. The number of aromatic nitrogens is 1. The van der Waals surface area contributed by atoms with E-state index in [0.29, 0.717) is 24.3 Å². The van der Waals surface area contributed by atoms with Crippen molar-refractivity contribution < 1.29 is 28.9 Å². The fraction of sp³-hybridized carbons (Fsp3) is 0.393. The minimum absolute atomic E-state index is 0.0246. The largest absolute Gasteiger partial charge is 0.489 e. The summed E-state index contributed by atoms with van der Waals surface area (Å²) in [6.07, 6.45) is 1.09. The van der Waals surface area contributed by atoms with Crippen LogP contribution in [0.4, 0.5) is 4.79 Å². The number of benzene rings is 2. The number of para-hydroxylation sites is 2. The number of fused-ring (bicyclic) bond motifs is 1. The number of carbonyl (C=O) groups is 2. The Bertz CT molecular complexity index is 1280. The number of rotatable bonds is 13. The maximum absolute atomic E-state index is 12.0. The number of hydrogen-bond acceptors (Lipinski definition) is 8. The van der Waals surface area contributed by atoms with Crippen molar-refractivity contribution in [1.29, 1.82) is 5.26 Å². The third-order valence-electron chi connectivity index (χ3n) is 5.78. The van der Waals surface area contributed by atoms with E-state index in [9.17, 15) is 20.0 Å². The monoisotopic (exact) mass is 522 g/mol. The van der Waals surface area contributed by atoms with Crippen LogP contribution in [0.2, 0.25) is 0 Å². The number of nitrogens with one attached hydrogen (secondary N) is 2. The van der Waals surface area contributed by atoms with Gasteiger partial charge in [-0.2, -0.15) is 5.26 Å². The second-order valence-corrected chi connectivity index (χ2v) is 9.38. The van der Waals surface area contributed by atoms with Crippen LogP contribution in [0.3, 0.4) is 0 Å². The van der Waals surface area contributed by atoms with Crippen molar-refractivity contribution in [2.24, 2.45) is 0 Å². The van der Waals surface area contributed by atoms with Crippen LogP contribution >= 0.6 is 0 Å². The average Bonchev–Trinajstić information content (AvgIpc) is 3.25. The Morgan fingerprint density at radius 1 is 1.13 bits per heavy atom. The van der Waals surface area contributed by atoms with Crippen molar-refractivity contribution in [2.45, 2.75) is 45.6 Å². The summed E-state index contributed by atoms with van der Waals surface area (Å²) >= 11 is 0. The number of nitrogens with zero attached hydrogens (tertiary/aromatic N) is 2. The van der Waals surface area contributed by atoms with E-state index >= 15 is 0 Å². The van der Waals surface area contributed by atoms with E-state index in [-0.39, 0.29) is 32.0 Å². The van der Waals surface area contributed by atoms with E-state index in [4.69, 9.17) is 14.2 Å². The molecule has 0 aliphatic heterocycles. The molecule has 38 heavy (non-hydrogen) atoms. The fourth-order valence-corrected chi connectivity index (χ4v) is 3.97. The van der Waals surface area contributed by atoms with Crippen LogP contribution in [0.15, 0.2) is 54.7 Å². The molecule has 1 amide bonds. The maximum Gasteiger partial charge on any atom is 0.409 e. The summed E-state index contributed by atoms with van der Waals surface area (Å²) in [4.78, 5) is 23.4. The Morgan fingerprint density at radius 3 is 2.63 bits per heavy atom. The predicted molar refractivity (Wildman–Crippen MR) is 141 cm³/mol. The number of aliphatic hydroxyl groups excluding tert-OH is 1. The van der Waals surface area contributed by atoms with Crippen LogP contribution in [0.25, 0.3) is 10.9 Å². The third-order valence-corrected chi connectivity index (χ3v) is 5.78. The molecular formula is C28H34N4O6. The Labute approximate surface area is 222 Å². The van der Waals surface area contributed by atoms with E-state index in [1.54, 1.807) is 31.2 Å². The zero-order valence-electron chi connectivity index (χ0n) is 21.9. The van der Waals surface area contributed by atoms with Crippen molar-refractivity contribution in [2.75, 3.05) is 26.3 Å². The molecule has 0 bridgehead atoms. The number of amides is 1. The highest BCUT2D eigenvalue weighted by atomic mass is 16.6. The molecule has 0 radical (unpaired) electrons. The Balaban J connectivity index is 1.56. The van der Waals surface area contributed by atoms with Crippen molar-refractivity contribution >= 4 is 23.0 Å². The summed E-state index contributed by atoms with van der Waals surface area (Å²) in [5.74, 6) is -0.0885. The van der Waals surface area contributed by atoms with Crippen molar-refractivity contribution in [3.05, 3.63) is 65.9 Å². The van der Waals surface area contributed by atoms with Crippen LogP contribution in [0.1, 0.15) is 31.9 Å². The van der Waals surface area contributed by atoms with Crippen LogP contribution < -0.4 is 15.4 Å². The lowest BCUT2D eigenvalue weighted by Gasteiger charge is -2.28. The molecule has 0 spiro atoms. The quantitative estimate of drug-likeness (QED) is 0.292. The van der Waals surface area contributed by atoms with E-state index in [2.05, 4.69) is 16.7 Å². The number of aliphatic hydroxyl groups is 1. The summed E-state index contributed by atoms with van der Waals surface area (Å²) in [6, 6.07) is 16.8. The first-order valence-electron chi connectivity index (χ1n) is 12.4. The molecule has 1 unspecified atom stereocenters. The van der Waals surface area contributed by atoms with Crippen molar-refractivity contribution in [1.82, 2.24) is 15.2 Å². The zero-order valence-corrected chi connectivity index (χ0v) is 21.9. The first-order chi connectivity index (χ1) is 18.2. The lowest BCUT2D eigenvalue weighted by atomic mass is 9.94. The number of ether oxygens (including phenoxy) is 3. The first kappa shape index (κ1) is 28.5. The van der Waals surface area contributed by atoms with Crippen LogP contribution in [-0.2, 0) is 27.4 Å². The van der Waals surface area contributed by atoms with Gasteiger partial charge in [-0.3, -0.25) is 4.79 Å². The number of hydrogen-bond donors (Lipinski definition) is 3. The van der Waals surface area contributed by atoms with Crippen molar-refractivity contribution in [3.8, 4) is 11.8 Å². The molecule has 2 aromatic carbocycles. The molecule has 1 aromatic heterocycles. The van der Waals surface area contributed by atoms with E-state index in [1.807, 2.05) is 48.9 Å². The topological polar surface area (TPSA) is 135 Å². The van der Waals surface area contributed by atoms with E-state index in [0.717, 1.165) is 16.5 Å². The van der Waals surface area contributed by atoms with Crippen LogP contribution in [-0.4, -0.2) is 59.7 Å². The molecule has 0 aliphatic carbocycles. The van der Waals surface area contributed by atoms with Gasteiger partial charge in [-0.25, -0.2) is 4.79 Å². The molecule has 1 atom stereocenters. The number of esters is 1. The molecule has 10 nitrogen and oxygen atoms in total. The van der Waals surface area contributed by atoms with Gasteiger partial charge in [-0.05, 0) is 51.0 Å². The molecule has 0 fully saturated rings. The molecule has 0 aliphatic rings. The fourth-order valence-electron chi connectivity index (χ4n) is 3.97. The molecule has 3 N–H and O–H groups in total. The van der Waals surface area contributed by atoms with Gasteiger partial charge in [0, 0.05) is 23.7 Å². The van der Waals surface area contributed by atoms with Gasteiger partial charge in [0.15, 0.2) is 6.73 Å². The summed E-state index contributed by atoms with van der Waals surface area (Å²) in [5, 5.41) is 26.4. The highest BCUT2D eigenvalue weighted by Crippen LogP contribution is 2.25. The molecule has 0 saturated heterocycles. The molecule has 1 heterocycles. The summed E-state index contributed by atoms with van der Waals surface area (Å²) in [6.45, 7) is 6.07. The maximum atomic E-state index is 12.0. The SMILES string of the molecule is CCOC(=O)CNC(=O)OCn1cc(CC(C)(C)NCC(O)COc2ccccc2C#N)c2ccccc21. The summed E-state index contributed by atoms with van der Waals surface area (Å²) in [5.41, 5.74) is 1.99. The average molecular weight is 523 g/mol. The van der Waals surface area contributed by atoms with Gasteiger partial charge in [-0.15, -0.1) is 0 Å². The third kappa shape index (κ3) is 8.23. The Hall–Kier alpha value is -4.07. The summed E-state index contributed by atoms with van der Waals surface area (Å²) < 4.78 is 17.5. The predicted octanol–water partition coefficient (Wildman–Crippen LogP) is 3.11. The van der Waals surface area contributed by atoms with Crippen LogP contribution in [0.5, 0.6) is 5.75 Å². The second kappa shape index (κ2) is 13.5. The lowest BCUT2D eigenvalue weighted by Crippen LogP contribution is -2.46. The number of alkyl carbamates (subject to hydrolysis) is 1. The highest BCUT2D eigenvalue weighted by Gasteiger charge is 2.22. The molecule has 10 heteroatoms. The smallest absolute Gasteiger partial charge is 0.409 e. The molecule has 202 valence electrons. The Morgan fingerprint density at radius 2 is 1.87 bits per heavy atom. The minimum Gasteiger partial charge on any atom is -0.489 e. The molecule has 3 aromatic rings. The normalized spacial score (nSPS) is 12.0. The van der Waals surface area contributed by atoms with Gasteiger partial charge in [0.05, 0.1) is 17.7 Å². The minimum atomic E-state index is -0.774. The molecule has 3 rings (SSSR count). The van der Waals surface area contributed by atoms with Gasteiger partial charge >= 0.3 is 12.1 Å². The van der Waals surface area contributed by atoms with Crippen molar-refractivity contribution in [3.63, 3.8) is 0 Å². The highest BCUT2D eigenvalue weighted by molar-refractivity contribution is 5.84. The molecular weight excluding hydrogens is 488 g/mol. The van der Waals surface area contributed by atoms with Gasteiger partial charge in [0.1, 0.15) is 31.1 Å². The van der Waals surface area contributed by atoms with Crippen LogP contribution in [0, 0.1) is 11.3 Å². The van der Waals surface area contributed by atoms with E-state index < -0.39 is 18.2 Å². The lowest BCUT2D eigenvalue weighted by molar-refractivity contribution is -0.141. The van der Waals surface area contributed by atoms with Gasteiger partial charge in [-0.1, -0.05) is 30.3 Å². The number of β-amino-alcohol motifs (C(OH)–C–C–N with tert-alkyl or cyclic N) is 1. The first-order valence-corrected chi connectivity index (χ1v) is 12.4. The Kier molecular flexibility index (Phi) is 10.1. The van der Waals surface area contributed by atoms with Gasteiger partial charge in [0.2, 0.25) is 0 Å². The summed E-state index contributed by atoms with van der Waals surface area (Å²) in [7, 11) is 0. The number of nitriles is 1. The van der Waals surface area contributed by atoms with Gasteiger partial charge < -0.3 is 34.5 Å². The van der Waals surface area contributed by atoms with E-state index in [1.165, 1.54) is 0 Å². The second-order valence-electron chi connectivity index (χ2n) is 9.38. The zero-order chi connectivity index (χ0) is 27.5. The standard InChI is InChI=1S/C28H34N4O6/c1-4-36-26(34)16-30-27(35)38-19-32-17-21(23-10-6-7-11-24(23)32)13-28(2,3)31-15-22(33)18-37-25-12-8-5-9-20(25)14-29/h5-12,17,22,31,33H,4,13,15-16,18-19H2,1-3H3,(H,30,35). The van der Waals surface area contributed by atoms with Gasteiger partial charge in [0.25, 0.3) is 0 Å².